The number of hydrogen-bond acceptors (Lipinski definition) is 3. The molecule has 2 aliphatic carbocycles. The van der Waals surface area contributed by atoms with Gasteiger partial charge in [-0.15, -0.1) is 0 Å². The van der Waals surface area contributed by atoms with E-state index >= 15 is 0 Å². The monoisotopic (exact) mass is 294 g/mol. The lowest BCUT2D eigenvalue weighted by atomic mass is 9.93. The molecule has 0 bridgehead atoms. The summed E-state index contributed by atoms with van der Waals surface area (Å²) in [5, 5.41) is 9.70. The maximum absolute atomic E-state index is 12.4. The highest BCUT2D eigenvalue weighted by Crippen LogP contribution is 2.47. The number of phenolic OH excluding ortho intramolecular Hbond substituents is 1. The van der Waals surface area contributed by atoms with Gasteiger partial charge in [0.05, 0.1) is 10.5 Å². The van der Waals surface area contributed by atoms with E-state index in [1.165, 1.54) is 12.8 Å². The number of phenols is 1. The Hall–Kier alpha value is -1.03. The SMILES string of the molecule is CC(c1cccc(C(C)S(=O)(=O)C2CC2)c1O)C1CC1. The van der Waals surface area contributed by atoms with E-state index in [9.17, 15) is 13.5 Å². The van der Waals surface area contributed by atoms with Crippen LogP contribution in [0.5, 0.6) is 5.75 Å². The third-order valence-corrected chi connectivity index (χ3v) is 7.48. The molecule has 0 amide bonds. The van der Waals surface area contributed by atoms with Crippen LogP contribution in [-0.4, -0.2) is 18.8 Å². The number of para-hydroxylation sites is 1. The van der Waals surface area contributed by atoms with Gasteiger partial charge in [-0.05, 0) is 50.0 Å². The zero-order valence-electron chi connectivity index (χ0n) is 12.0. The molecule has 0 aliphatic heterocycles. The van der Waals surface area contributed by atoms with E-state index in [2.05, 4.69) is 6.92 Å². The van der Waals surface area contributed by atoms with Crippen molar-refractivity contribution in [1.29, 1.82) is 0 Å². The summed E-state index contributed by atoms with van der Waals surface area (Å²) in [5.74, 6) is 1.15. The Morgan fingerprint density at radius 1 is 1.10 bits per heavy atom. The van der Waals surface area contributed by atoms with Crippen LogP contribution in [0.15, 0.2) is 18.2 Å². The van der Waals surface area contributed by atoms with Crippen LogP contribution < -0.4 is 0 Å². The van der Waals surface area contributed by atoms with Gasteiger partial charge in [0.15, 0.2) is 9.84 Å². The number of benzene rings is 1. The standard InChI is InChI=1S/C16H22O3S/c1-10(12-6-7-12)14-4-3-5-15(16(14)17)11(2)20(18,19)13-8-9-13/h3-5,10-13,17H,6-9H2,1-2H3. The summed E-state index contributed by atoms with van der Waals surface area (Å²) in [4.78, 5) is 0. The highest BCUT2D eigenvalue weighted by atomic mass is 32.2. The quantitative estimate of drug-likeness (QED) is 0.903. The Balaban J connectivity index is 1.95. The highest BCUT2D eigenvalue weighted by molar-refractivity contribution is 7.92. The van der Waals surface area contributed by atoms with Crippen molar-refractivity contribution in [3.05, 3.63) is 29.3 Å². The first-order valence-corrected chi connectivity index (χ1v) is 9.08. The molecular weight excluding hydrogens is 272 g/mol. The molecule has 1 N–H and O–H groups in total. The van der Waals surface area contributed by atoms with Gasteiger partial charge in [0.2, 0.25) is 0 Å². The Morgan fingerprint density at radius 3 is 2.25 bits per heavy atom. The molecule has 2 fully saturated rings. The Morgan fingerprint density at radius 2 is 1.70 bits per heavy atom. The predicted molar refractivity (Wildman–Crippen MR) is 79.6 cm³/mol. The third kappa shape index (κ3) is 2.34. The first-order valence-electron chi connectivity index (χ1n) is 7.47. The van der Waals surface area contributed by atoms with E-state index < -0.39 is 15.1 Å². The second-order valence-corrected chi connectivity index (χ2v) is 8.89. The molecular formula is C16H22O3S. The van der Waals surface area contributed by atoms with Crippen LogP contribution in [0, 0.1) is 5.92 Å². The van der Waals surface area contributed by atoms with E-state index in [0.29, 0.717) is 17.4 Å². The van der Waals surface area contributed by atoms with E-state index in [0.717, 1.165) is 18.4 Å². The van der Waals surface area contributed by atoms with Gasteiger partial charge in [-0.25, -0.2) is 8.42 Å². The van der Waals surface area contributed by atoms with Crippen molar-refractivity contribution in [2.75, 3.05) is 0 Å². The summed E-state index contributed by atoms with van der Waals surface area (Å²) in [6.45, 7) is 3.82. The molecule has 20 heavy (non-hydrogen) atoms. The predicted octanol–water partition coefficient (Wildman–Crippen LogP) is 3.54. The van der Waals surface area contributed by atoms with Crippen LogP contribution in [-0.2, 0) is 9.84 Å². The fraction of sp³-hybridized carbons (Fsp3) is 0.625. The number of aromatic hydroxyl groups is 1. The molecule has 0 radical (unpaired) electrons. The molecule has 2 unspecified atom stereocenters. The van der Waals surface area contributed by atoms with Gasteiger partial charge in [0.1, 0.15) is 5.75 Å². The van der Waals surface area contributed by atoms with Crippen molar-refractivity contribution >= 4 is 9.84 Å². The molecule has 110 valence electrons. The Kier molecular flexibility index (Phi) is 3.32. The molecule has 1 aromatic rings. The largest absolute Gasteiger partial charge is 0.507 e. The van der Waals surface area contributed by atoms with Gasteiger partial charge in [-0.2, -0.15) is 0 Å². The summed E-state index contributed by atoms with van der Waals surface area (Å²) >= 11 is 0. The lowest BCUT2D eigenvalue weighted by Crippen LogP contribution is -2.15. The maximum atomic E-state index is 12.4. The first-order chi connectivity index (χ1) is 9.43. The van der Waals surface area contributed by atoms with Crippen LogP contribution in [0.3, 0.4) is 0 Å². The molecule has 3 rings (SSSR count). The fourth-order valence-corrected chi connectivity index (χ4v) is 4.90. The average Bonchev–Trinajstić information content (AvgIpc) is 3.30. The molecule has 2 aliphatic rings. The van der Waals surface area contributed by atoms with Crippen LogP contribution in [0.25, 0.3) is 0 Å². The maximum Gasteiger partial charge on any atom is 0.160 e. The van der Waals surface area contributed by atoms with Crippen molar-refractivity contribution in [3.63, 3.8) is 0 Å². The van der Waals surface area contributed by atoms with Crippen molar-refractivity contribution in [2.24, 2.45) is 5.92 Å². The van der Waals surface area contributed by atoms with Crippen molar-refractivity contribution < 1.29 is 13.5 Å². The van der Waals surface area contributed by atoms with Gasteiger partial charge in [-0.3, -0.25) is 0 Å². The summed E-state index contributed by atoms with van der Waals surface area (Å²) in [6, 6.07) is 5.56. The van der Waals surface area contributed by atoms with Crippen molar-refractivity contribution in [1.82, 2.24) is 0 Å². The molecule has 2 saturated carbocycles. The molecule has 0 spiro atoms. The number of sulfone groups is 1. The molecule has 0 heterocycles. The molecule has 0 aromatic heterocycles. The smallest absolute Gasteiger partial charge is 0.160 e. The second-order valence-electron chi connectivity index (χ2n) is 6.34. The van der Waals surface area contributed by atoms with E-state index in [-0.39, 0.29) is 11.0 Å². The van der Waals surface area contributed by atoms with Gasteiger partial charge < -0.3 is 5.11 Å². The summed E-state index contributed by atoms with van der Waals surface area (Å²) in [7, 11) is -3.15. The van der Waals surface area contributed by atoms with E-state index in [1.54, 1.807) is 13.0 Å². The normalized spacial score (nSPS) is 22.5. The summed E-state index contributed by atoms with van der Waals surface area (Å²) in [5.41, 5.74) is 1.48. The minimum atomic E-state index is -3.15. The lowest BCUT2D eigenvalue weighted by molar-refractivity contribution is 0.450. The minimum Gasteiger partial charge on any atom is -0.507 e. The number of hydrogen-bond donors (Lipinski definition) is 1. The molecule has 2 atom stereocenters. The van der Waals surface area contributed by atoms with Crippen LogP contribution in [0.4, 0.5) is 0 Å². The topological polar surface area (TPSA) is 54.4 Å². The summed E-state index contributed by atoms with van der Waals surface area (Å²) in [6.07, 6.45) is 3.96. The van der Waals surface area contributed by atoms with Crippen molar-refractivity contribution in [2.45, 2.75) is 55.9 Å². The van der Waals surface area contributed by atoms with Gasteiger partial charge in [0.25, 0.3) is 0 Å². The van der Waals surface area contributed by atoms with E-state index in [1.807, 2.05) is 12.1 Å². The fourth-order valence-electron chi connectivity index (χ4n) is 2.99. The van der Waals surface area contributed by atoms with E-state index in [4.69, 9.17) is 0 Å². The molecule has 0 saturated heterocycles. The first kappa shape index (κ1) is 13.9. The highest BCUT2D eigenvalue weighted by Gasteiger charge is 2.41. The minimum absolute atomic E-state index is 0.193. The van der Waals surface area contributed by atoms with Crippen molar-refractivity contribution in [3.8, 4) is 5.75 Å². The lowest BCUT2D eigenvalue weighted by Gasteiger charge is -2.19. The molecule has 4 heteroatoms. The molecule has 1 aromatic carbocycles. The van der Waals surface area contributed by atoms with Gasteiger partial charge in [-0.1, -0.05) is 25.1 Å². The zero-order valence-corrected chi connectivity index (χ0v) is 12.9. The average molecular weight is 294 g/mol. The van der Waals surface area contributed by atoms with Crippen LogP contribution >= 0.6 is 0 Å². The third-order valence-electron chi connectivity index (χ3n) is 4.84. The van der Waals surface area contributed by atoms with Gasteiger partial charge >= 0.3 is 0 Å². The van der Waals surface area contributed by atoms with Gasteiger partial charge in [0, 0.05) is 5.56 Å². The second kappa shape index (κ2) is 4.76. The van der Waals surface area contributed by atoms with Crippen LogP contribution in [0.1, 0.15) is 61.8 Å². The molecule has 3 nitrogen and oxygen atoms in total. The summed E-state index contributed by atoms with van der Waals surface area (Å²) < 4.78 is 24.7. The number of rotatable bonds is 5. The van der Waals surface area contributed by atoms with Crippen LogP contribution in [0.2, 0.25) is 0 Å². The Bertz CT molecular complexity index is 613. The Labute approximate surface area is 120 Å². The zero-order chi connectivity index (χ0) is 14.5.